The second-order valence-corrected chi connectivity index (χ2v) is 9.70. The topological polar surface area (TPSA) is 122 Å². The van der Waals surface area contributed by atoms with Gasteiger partial charge in [0, 0.05) is 0 Å². The fourth-order valence-electron chi connectivity index (χ4n) is 3.08. The van der Waals surface area contributed by atoms with Gasteiger partial charge in [0.1, 0.15) is 10.3 Å². The lowest BCUT2D eigenvalue weighted by Gasteiger charge is -2.16. The average Bonchev–Trinajstić information content (AvgIpc) is 3.47. The highest BCUT2D eigenvalue weighted by atomic mass is 32.2. The normalized spacial score (nSPS) is 12.3. The molecule has 1 atom stereocenters. The van der Waals surface area contributed by atoms with Crippen LogP contribution in [0.2, 0.25) is 0 Å². The summed E-state index contributed by atoms with van der Waals surface area (Å²) in [5.41, 5.74) is 6.44. The van der Waals surface area contributed by atoms with Crippen LogP contribution in [-0.4, -0.2) is 29.8 Å². The molecule has 0 fully saturated rings. The average molecular weight is 470 g/mol. The number of rotatable bonds is 6. The Morgan fingerprint density at radius 1 is 1.00 bits per heavy atom. The second kappa shape index (κ2) is 8.81. The summed E-state index contributed by atoms with van der Waals surface area (Å²) >= 11 is 1.06. The lowest BCUT2D eigenvalue weighted by molar-refractivity contribution is -0.124. The van der Waals surface area contributed by atoms with Crippen LogP contribution in [0.1, 0.15) is 23.3 Å². The van der Waals surface area contributed by atoms with E-state index in [0.29, 0.717) is 0 Å². The molecule has 2 amide bonds. The van der Waals surface area contributed by atoms with E-state index in [9.17, 15) is 18.0 Å². The lowest BCUT2D eigenvalue weighted by atomic mass is 10.2. The zero-order valence-corrected chi connectivity index (χ0v) is 18.5. The molecule has 32 heavy (non-hydrogen) atoms. The zero-order valence-electron chi connectivity index (χ0n) is 16.8. The van der Waals surface area contributed by atoms with Gasteiger partial charge < -0.3 is 4.57 Å². The number of anilines is 1. The molecule has 0 spiro atoms. The molecule has 0 saturated heterocycles. The van der Waals surface area contributed by atoms with Crippen molar-refractivity contribution in [1.29, 1.82) is 0 Å². The van der Waals surface area contributed by atoms with Gasteiger partial charge in [-0.05, 0) is 42.6 Å². The Hall–Kier alpha value is -3.70. The van der Waals surface area contributed by atoms with Crippen LogP contribution in [0.5, 0.6) is 0 Å². The van der Waals surface area contributed by atoms with Crippen molar-refractivity contribution < 1.29 is 18.0 Å². The number of amides is 2. The molecule has 4 aromatic rings. The molecule has 11 heteroatoms. The summed E-state index contributed by atoms with van der Waals surface area (Å²) < 4.78 is 29.3. The van der Waals surface area contributed by atoms with Crippen molar-refractivity contribution >= 4 is 49.9 Å². The number of carbonyl (C=O) groups excluding carboxylic acids is 2. The van der Waals surface area contributed by atoms with Crippen LogP contribution >= 0.6 is 11.3 Å². The molecule has 1 unspecified atom stereocenters. The van der Waals surface area contributed by atoms with Crippen molar-refractivity contribution in [3.8, 4) is 0 Å². The smallest absolute Gasteiger partial charge is 0.271 e. The van der Waals surface area contributed by atoms with Crippen LogP contribution in [0.25, 0.3) is 11.0 Å². The third-order valence-electron chi connectivity index (χ3n) is 4.75. The van der Waals surface area contributed by atoms with Gasteiger partial charge in [0.25, 0.3) is 21.8 Å². The van der Waals surface area contributed by atoms with E-state index in [0.717, 1.165) is 22.4 Å². The molecule has 0 aliphatic rings. The summed E-state index contributed by atoms with van der Waals surface area (Å²) in [4.78, 5) is 29.6. The van der Waals surface area contributed by atoms with E-state index in [-0.39, 0.29) is 15.5 Å². The van der Waals surface area contributed by atoms with Gasteiger partial charge in [-0.25, -0.2) is 13.4 Å². The fraction of sp³-hybridized carbons (Fsp3) is 0.0952. The summed E-state index contributed by atoms with van der Waals surface area (Å²) in [6, 6.07) is 16.0. The minimum absolute atomic E-state index is 0.0636. The molecule has 2 heterocycles. The number of hydrogen-bond donors (Lipinski definition) is 3. The third-order valence-corrected chi connectivity index (χ3v) is 7.52. The number of thiophene rings is 1. The summed E-state index contributed by atoms with van der Waals surface area (Å²) in [7, 11) is -3.83. The van der Waals surface area contributed by atoms with Gasteiger partial charge in [-0.2, -0.15) is 0 Å². The Morgan fingerprint density at radius 2 is 1.75 bits per heavy atom. The Balaban J connectivity index is 1.46. The van der Waals surface area contributed by atoms with Crippen molar-refractivity contribution in [2.24, 2.45) is 0 Å². The fourth-order valence-corrected chi connectivity index (χ4v) is 5.16. The number of imidazole rings is 1. The summed E-state index contributed by atoms with van der Waals surface area (Å²) in [5, 5.41) is 1.65. The maximum atomic E-state index is 12.7. The SMILES string of the molecule is CC(C(=O)NNC(=O)c1ccccc1NS(=O)(=O)c1cccs1)n1cnc2ccccc21. The maximum Gasteiger partial charge on any atom is 0.271 e. The molecule has 9 nitrogen and oxygen atoms in total. The van der Waals surface area contributed by atoms with E-state index in [1.165, 1.54) is 18.2 Å². The van der Waals surface area contributed by atoms with E-state index in [2.05, 4.69) is 20.6 Å². The third kappa shape index (κ3) is 4.34. The number of carbonyl (C=O) groups is 2. The molecule has 0 aliphatic carbocycles. The van der Waals surface area contributed by atoms with Crippen LogP contribution in [0.4, 0.5) is 5.69 Å². The molecular weight excluding hydrogens is 450 g/mol. The maximum absolute atomic E-state index is 12.7. The first-order chi connectivity index (χ1) is 15.4. The Labute approximate surface area is 188 Å². The summed E-state index contributed by atoms with van der Waals surface area (Å²) in [6.45, 7) is 1.68. The number of sulfonamides is 1. The van der Waals surface area contributed by atoms with Crippen LogP contribution < -0.4 is 15.6 Å². The van der Waals surface area contributed by atoms with Gasteiger partial charge in [0.05, 0.1) is 28.6 Å². The van der Waals surface area contributed by atoms with Crippen LogP contribution in [0, 0.1) is 0 Å². The van der Waals surface area contributed by atoms with Gasteiger partial charge in [0.15, 0.2) is 0 Å². The molecule has 0 bridgehead atoms. The first-order valence-electron chi connectivity index (χ1n) is 9.54. The Bertz CT molecular complexity index is 1380. The summed E-state index contributed by atoms with van der Waals surface area (Å²) in [5.74, 6) is -1.12. The predicted octanol–water partition coefficient (Wildman–Crippen LogP) is 2.92. The number of benzene rings is 2. The number of hydrogen-bond acceptors (Lipinski definition) is 6. The quantitative estimate of drug-likeness (QED) is 0.375. The lowest BCUT2D eigenvalue weighted by Crippen LogP contribution is -2.44. The highest BCUT2D eigenvalue weighted by molar-refractivity contribution is 7.94. The molecule has 164 valence electrons. The first kappa shape index (κ1) is 21.5. The minimum atomic E-state index is -3.83. The van der Waals surface area contributed by atoms with Crippen molar-refractivity contribution in [1.82, 2.24) is 20.4 Å². The van der Waals surface area contributed by atoms with E-state index in [1.807, 2.05) is 24.3 Å². The zero-order chi connectivity index (χ0) is 22.7. The van der Waals surface area contributed by atoms with Gasteiger partial charge in [-0.15, -0.1) is 11.3 Å². The molecule has 0 radical (unpaired) electrons. The standard InChI is InChI=1S/C21H19N5O4S2/c1-14(26-13-22-17-9-4-5-10-18(17)26)20(27)23-24-21(28)15-7-2-3-8-16(15)25-32(29,30)19-11-6-12-31-19/h2-14,25H,1H3,(H,23,27)(H,24,28). The molecular formula is C21H19N5O4S2. The van der Waals surface area contributed by atoms with Crippen LogP contribution in [-0.2, 0) is 14.8 Å². The Kier molecular flexibility index (Phi) is 5.93. The molecule has 4 rings (SSSR count). The highest BCUT2D eigenvalue weighted by Gasteiger charge is 2.21. The second-order valence-electron chi connectivity index (χ2n) is 6.84. The Morgan fingerprint density at radius 3 is 2.53 bits per heavy atom. The van der Waals surface area contributed by atoms with E-state index in [1.54, 1.807) is 41.4 Å². The van der Waals surface area contributed by atoms with Crippen LogP contribution in [0.15, 0.2) is 76.6 Å². The van der Waals surface area contributed by atoms with Gasteiger partial charge in [-0.3, -0.25) is 25.2 Å². The summed E-state index contributed by atoms with van der Waals surface area (Å²) in [6.07, 6.45) is 1.56. The minimum Gasteiger partial charge on any atom is -0.318 e. The van der Waals surface area contributed by atoms with Crippen LogP contribution in [0.3, 0.4) is 0 Å². The monoisotopic (exact) mass is 469 g/mol. The highest BCUT2D eigenvalue weighted by Crippen LogP contribution is 2.23. The molecule has 3 N–H and O–H groups in total. The largest absolute Gasteiger partial charge is 0.318 e. The van der Waals surface area contributed by atoms with E-state index >= 15 is 0 Å². The van der Waals surface area contributed by atoms with Gasteiger partial charge in [-0.1, -0.05) is 30.3 Å². The van der Waals surface area contributed by atoms with Gasteiger partial charge >= 0.3 is 0 Å². The number of hydrazine groups is 1. The van der Waals surface area contributed by atoms with E-state index in [4.69, 9.17) is 0 Å². The van der Waals surface area contributed by atoms with Crippen molar-refractivity contribution in [2.45, 2.75) is 17.2 Å². The van der Waals surface area contributed by atoms with Crippen molar-refractivity contribution in [3.63, 3.8) is 0 Å². The van der Waals surface area contributed by atoms with Crippen molar-refractivity contribution in [3.05, 3.63) is 77.9 Å². The number of para-hydroxylation sites is 3. The number of fused-ring (bicyclic) bond motifs is 1. The number of nitrogens with zero attached hydrogens (tertiary/aromatic N) is 2. The molecule has 2 aromatic carbocycles. The van der Waals surface area contributed by atoms with Gasteiger partial charge in [0.2, 0.25) is 0 Å². The number of nitrogens with one attached hydrogen (secondary N) is 3. The molecule has 0 saturated carbocycles. The number of aromatic nitrogens is 2. The van der Waals surface area contributed by atoms with E-state index < -0.39 is 27.9 Å². The predicted molar refractivity (Wildman–Crippen MR) is 122 cm³/mol. The molecule has 0 aliphatic heterocycles. The van der Waals surface area contributed by atoms with Crippen molar-refractivity contribution in [2.75, 3.05) is 4.72 Å². The first-order valence-corrected chi connectivity index (χ1v) is 11.9. The molecule has 2 aromatic heterocycles.